The Hall–Kier alpha value is -1.39. The second kappa shape index (κ2) is 5.50. The van der Waals surface area contributed by atoms with Crippen LogP contribution in [-0.4, -0.2) is 34.6 Å². The summed E-state index contributed by atoms with van der Waals surface area (Å²) in [5, 5.41) is 0. The summed E-state index contributed by atoms with van der Waals surface area (Å²) in [5.74, 6) is 0. The van der Waals surface area contributed by atoms with Crippen LogP contribution in [0.5, 0.6) is 0 Å². The average molecular weight is 261 g/mol. The Morgan fingerprint density at radius 2 is 1.94 bits per heavy atom. The number of nitrogens with zero attached hydrogens (tertiary/aromatic N) is 2. The lowest BCUT2D eigenvalue weighted by atomic mass is 10.1. The van der Waals surface area contributed by atoms with Crippen molar-refractivity contribution in [1.29, 1.82) is 0 Å². The minimum atomic E-state index is 0.440. The van der Waals surface area contributed by atoms with E-state index < -0.39 is 0 Å². The highest BCUT2D eigenvalue weighted by Crippen LogP contribution is 2.19. The molecule has 0 saturated heterocycles. The molecule has 2 rings (SSSR count). The zero-order chi connectivity index (χ0) is 13.1. The lowest BCUT2D eigenvalue weighted by Crippen LogP contribution is -2.29. The predicted molar refractivity (Wildman–Crippen MR) is 78.2 cm³/mol. The van der Waals surface area contributed by atoms with Gasteiger partial charge in [-0.3, -0.25) is 0 Å². The van der Waals surface area contributed by atoms with Crippen LogP contribution < -0.4 is 0 Å². The van der Waals surface area contributed by atoms with Gasteiger partial charge in [-0.2, -0.15) is 0 Å². The second-order valence-electron chi connectivity index (χ2n) is 4.77. The van der Waals surface area contributed by atoms with Gasteiger partial charge in [0.15, 0.2) is 4.77 Å². The van der Waals surface area contributed by atoms with E-state index in [-0.39, 0.29) is 0 Å². The molecule has 4 heteroatoms. The summed E-state index contributed by atoms with van der Waals surface area (Å²) in [6.45, 7) is 3.09. The normalized spacial score (nSPS) is 12.9. The average Bonchev–Trinajstić information content (AvgIpc) is 2.72. The number of hydrogen-bond donors (Lipinski definition) is 1. The molecule has 1 heterocycles. The van der Waals surface area contributed by atoms with Crippen molar-refractivity contribution in [3.63, 3.8) is 0 Å². The minimum absolute atomic E-state index is 0.440. The summed E-state index contributed by atoms with van der Waals surface area (Å²) in [5.41, 5.74) is 2.34. The SMILES string of the molecule is CC(Cn1c(-c2ccccc2)c[nH]c1=S)N(C)C. The zero-order valence-electron chi connectivity index (χ0n) is 11.1. The molecule has 0 saturated carbocycles. The number of aromatic nitrogens is 2. The quantitative estimate of drug-likeness (QED) is 0.855. The molecule has 0 spiro atoms. The lowest BCUT2D eigenvalue weighted by molar-refractivity contribution is 0.284. The maximum absolute atomic E-state index is 5.37. The third-order valence-electron chi connectivity index (χ3n) is 3.27. The van der Waals surface area contributed by atoms with E-state index in [9.17, 15) is 0 Å². The van der Waals surface area contributed by atoms with Crippen LogP contribution >= 0.6 is 12.2 Å². The molecule has 1 aromatic carbocycles. The number of nitrogens with one attached hydrogen (secondary N) is 1. The van der Waals surface area contributed by atoms with Crippen molar-refractivity contribution in [2.75, 3.05) is 14.1 Å². The van der Waals surface area contributed by atoms with Crippen LogP contribution in [0.15, 0.2) is 36.5 Å². The molecule has 0 aliphatic heterocycles. The van der Waals surface area contributed by atoms with Crippen molar-refractivity contribution in [1.82, 2.24) is 14.5 Å². The standard InChI is InChI=1S/C14H19N3S/c1-11(16(2)3)10-17-13(9-15-14(17)18)12-7-5-4-6-8-12/h4-9,11H,10H2,1-3H3,(H,15,18). The van der Waals surface area contributed by atoms with E-state index in [0.717, 1.165) is 17.0 Å². The van der Waals surface area contributed by atoms with Gasteiger partial charge in [0.25, 0.3) is 0 Å². The Kier molecular flexibility index (Phi) is 3.99. The van der Waals surface area contributed by atoms with E-state index in [0.29, 0.717) is 6.04 Å². The van der Waals surface area contributed by atoms with Gasteiger partial charge >= 0.3 is 0 Å². The molecule has 0 aliphatic rings. The van der Waals surface area contributed by atoms with E-state index in [1.807, 2.05) is 24.4 Å². The first-order valence-electron chi connectivity index (χ1n) is 6.09. The first-order chi connectivity index (χ1) is 8.59. The van der Waals surface area contributed by atoms with E-state index in [2.05, 4.69) is 47.6 Å². The summed E-state index contributed by atoms with van der Waals surface area (Å²) < 4.78 is 2.94. The summed E-state index contributed by atoms with van der Waals surface area (Å²) in [6, 6.07) is 10.8. The monoisotopic (exact) mass is 261 g/mol. The molecule has 1 unspecified atom stereocenters. The number of hydrogen-bond acceptors (Lipinski definition) is 2. The van der Waals surface area contributed by atoms with E-state index in [1.165, 1.54) is 5.56 Å². The molecule has 1 atom stereocenters. The molecule has 0 aliphatic carbocycles. The molecular formula is C14H19N3S. The zero-order valence-corrected chi connectivity index (χ0v) is 11.9. The topological polar surface area (TPSA) is 24.0 Å². The summed E-state index contributed by atoms with van der Waals surface area (Å²) in [6.07, 6.45) is 1.99. The fraction of sp³-hybridized carbons (Fsp3) is 0.357. The lowest BCUT2D eigenvalue weighted by Gasteiger charge is -2.21. The number of likely N-dealkylation sites (N-methyl/N-ethyl adjacent to an activating group) is 1. The van der Waals surface area contributed by atoms with Crippen molar-refractivity contribution < 1.29 is 0 Å². The van der Waals surface area contributed by atoms with Crippen molar-refractivity contribution >= 4 is 12.2 Å². The Labute approximate surface area is 113 Å². The number of benzene rings is 1. The molecule has 18 heavy (non-hydrogen) atoms. The molecule has 96 valence electrons. The summed E-state index contributed by atoms with van der Waals surface area (Å²) >= 11 is 5.37. The minimum Gasteiger partial charge on any atom is -0.337 e. The molecular weight excluding hydrogens is 242 g/mol. The van der Waals surface area contributed by atoms with Crippen molar-refractivity contribution in [3.05, 3.63) is 41.3 Å². The van der Waals surface area contributed by atoms with Crippen LogP contribution in [0.2, 0.25) is 0 Å². The van der Waals surface area contributed by atoms with Crippen molar-refractivity contribution in [3.8, 4) is 11.3 Å². The van der Waals surface area contributed by atoms with E-state index in [1.54, 1.807) is 0 Å². The molecule has 0 amide bonds. The van der Waals surface area contributed by atoms with Crippen molar-refractivity contribution in [2.45, 2.75) is 19.5 Å². The number of imidazole rings is 1. The maximum Gasteiger partial charge on any atom is 0.177 e. The van der Waals surface area contributed by atoms with Gasteiger partial charge in [-0.05, 0) is 38.8 Å². The van der Waals surface area contributed by atoms with Crippen LogP contribution in [0.3, 0.4) is 0 Å². The Balaban J connectivity index is 2.37. The highest BCUT2D eigenvalue weighted by molar-refractivity contribution is 7.71. The van der Waals surface area contributed by atoms with E-state index >= 15 is 0 Å². The Morgan fingerprint density at radius 1 is 1.28 bits per heavy atom. The molecule has 1 N–H and O–H groups in total. The van der Waals surface area contributed by atoms with Crippen LogP contribution in [0, 0.1) is 4.77 Å². The van der Waals surface area contributed by atoms with Crippen molar-refractivity contribution in [2.24, 2.45) is 0 Å². The Bertz CT molecular complexity index is 554. The molecule has 3 nitrogen and oxygen atoms in total. The third-order valence-corrected chi connectivity index (χ3v) is 3.60. The van der Waals surface area contributed by atoms with Gasteiger partial charge in [0, 0.05) is 18.8 Å². The van der Waals surface area contributed by atoms with Gasteiger partial charge in [0.1, 0.15) is 0 Å². The van der Waals surface area contributed by atoms with Crippen LogP contribution in [-0.2, 0) is 6.54 Å². The molecule has 2 aromatic rings. The molecule has 1 aromatic heterocycles. The molecule has 0 bridgehead atoms. The first-order valence-corrected chi connectivity index (χ1v) is 6.50. The third kappa shape index (κ3) is 2.71. The fourth-order valence-electron chi connectivity index (χ4n) is 1.85. The molecule has 0 fully saturated rings. The highest BCUT2D eigenvalue weighted by atomic mass is 32.1. The fourth-order valence-corrected chi connectivity index (χ4v) is 2.08. The Morgan fingerprint density at radius 3 is 2.56 bits per heavy atom. The van der Waals surface area contributed by atoms with Crippen LogP contribution in [0.25, 0.3) is 11.3 Å². The number of H-pyrrole nitrogens is 1. The number of aromatic amines is 1. The number of rotatable bonds is 4. The van der Waals surface area contributed by atoms with Gasteiger partial charge in [-0.15, -0.1) is 0 Å². The highest BCUT2D eigenvalue weighted by Gasteiger charge is 2.11. The predicted octanol–water partition coefficient (Wildman–Crippen LogP) is 3.16. The largest absolute Gasteiger partial charge is 0.337 e. The maximum atomic E-state index is 5.37. The molecule has 0 radical (unpaired) electrons. The van der Waals surface area contributed by atoms with E-state index in [4.69, 9.17) is 12.2 Å². The van der Waals surface area contributed by atoms with Gasteiger partial charge in [0.2, 0.25) is 0 Å². The van der Waals surface area contributed by atoms with Crippen LogP contribution in [0.1, 0.15) is 6.92 Å². The first kappa shape index (κ1) is 13.1. The van der Waals surface area contributed by atoms with Gasteiger partial charge in [-0.25, -0.2) is 0 Å². The van der Waals surface area contributed by atoms with Gasteiger partial charge in [0.05, 0.1) is 5.69 Å². The second-order valence-corrected chi connectivity index (χ2v) is 5.16. The van der Waals surface area contributed by atoms with Gasteiger partial charge < -0.3 is 14.5 Å². The van der Waals surface area contributed by atoms with Gasteiger partial charge in [-0.1, -0.05) is 30.3 Å². The van der Waals surface area contributed by atoms with Crippen LogP contribution in [0.4, 0.5) is 0 Å². The summed E-state index contributed by atoms with van der Waals surface area (Å²) in [4.78, 5) is 5.34. The smallest absolute Gasteiger partial charge is 0.177 e. The summed E-state index contributed by atoms with van der Waals surface area (Å²) in [7, 11) is 4.17.